The maximum Gasteiger partial charge on any atom is 0.272 e. The number of hydrogen-bond acceptors (Lipinski definition) is 5. The molecule has 0 atom stereocenters. The Morgan fingerprint density at radius 3 is 2.32 bits per heavy atom. The first kappa shape index (κ1) is 20.0. The van der Waals surface area contributed by atoms with Gasteiger partial charge >= 0.3 is 0 Å². The van der Waals surface area contributed by atoms with Crippen LogP contribution in [0.4, 0.5) is 5.69 Å². The molecule has 2 amide bonds. The van der Waals surface area contributed by atoms with E-state index in [1.54, 1.807) is 24.3 Å². The van der Waals surface area contributed by atoms with Gasteiger partial charge in [-0.1, -0.05) is 38.1 Å². The van der Waals surface area contributed by atoms with Crippen molar-refractivity contribution < 1.29 is 19.1 Å². The molecule has 0 saturated heterocycles. The number of imide groups is 1. The monoisotopic (exact) mass is 397 g/mol. The van der Waals surface area contributed by atoms with E-state index in [0.717, 1.165) is 12.2 Å². The fourth-order valence-corrected chi connectivity index (χ4v) is 3.87. The van der Waals surface area contributed by atoms with Gasteiger partial charge in [0.05, 0.1) is 29.9 Å². The van der Waals surface area contributed by atoms with Gasteiger partial charge in [-0.15, -0.1) is 11.8 Å². The molecule has 2 aromatic rings. The fourth-order valence-electron chi connectivity index (χ4n) is 3.01. The summed E-state index contributed by atoms with van der Waals surface area (Å²) in [4.78, 5) is 28.0. The van der Waals surface area contributed by atoms with Crippen molar-refractivity contribution in [3.8, 4) is 11.5 Å². The van der Waals surface area contributed by atoms with E-state index in [1.165, 1.54) is 23.8 Å². The Kier molecular flexibility index (Phi) is 6.41. The molecule has 0 spiro atoms. The van der Waals surface area contributed by atoms with Crippen LogP contribution in [0.1, 0.15) is 25.8 Å². The zero-order valence-electron chi connectivity index (χ0n) is 16.2. The number of thioether (sulfide) groups is 1. The van der Waals surface area contributed by atoms with Crippen LogP contribution in [0.3, 0.4) is 0 Å². The summed E-state index contributed by atoms with van der Waals surface area (Å²) in [6, 6.07) is 14.3. The minimum atomic E-state index is -0.340. The van der Waals surface area contributed by atoms with E-state index in [1.807, 2.05) is 38.1 Å². The first-order chi connectivity index (χ1) is 13.6. The molecule has 2 aromatic carbocycles. The Bertz CT molecular complexity index is 905. The van der Waals surface area contributed by atoms with Crippen LogP contribution in [0, 0.1) is 0 Å². The third-order valence-electron chi connectivity index (χ3n) is 4.27. The van der Waals surface area contributed by atoms with E-state index in [-0.39, 0.29) is 11.8 Å². The molecule has 0 N–H and O–H groups in total. The Morgan fingerprint density at radius 2 is 1.68 bits per heavy atom. The van der Waals surface area contributed by atoms with Gasteiger partial charge in [0.25, 0.3) is 11.8 Å². The third-order valence-corrected chi connectivity index (χ3v) is 5.23. The van der Waals surface area contributed by atoms with Crippen molar-refractivity contribution >= 4 is 34.8 Å². The van der Waals surface area contributed by atoms with Crippen molar-refractivity contribution in [1.82, 2.24) is 0 Å². The predicted octanol–water partition coefficient (Wildman–Crippen LogP) is 4.52. The minimum Gasteiger partial charge on any atom is -0.495 e. The van der Waals surface area contributed by atoms with Crippen LogP contribution in [0.15, 0.2) is 53.4 Å². The van der Waals surface area contributed by atoms with Crippen LogP contribution >= 0.6 is 11.8 Å². The summed E-state index contributed by atoms with van der Waals surface area (Å²) < 4.78 is 11.0. The molecule has 0 saturated carbocycles. The van der Waals surface area contributed by atoms with Gasteiger partial charge in [-0.05, 0) is 42.0 Å². The number of rotatable bonds is 8. The molecule has 1 heterocycles. The quantitative estimate of drug-likeness (QED) is 0.613. The van der Waals surface area contributed by atoms with Crippen LogP contribution in [-0.4, -0.2) is 31.3 Å². The molecule has 0 aromatic heterocycles. The number of nitrogens with zero attached hydrogens (tertiary/aromatic N) is 1. The van der Waals surface area contributed by atoms with Crippen LogP contribution in [0.5, 0.6) is 11.5 Å². The van der Waals surface area contributed by atoms with E-state index in [9.17, 15) is 9.59 Å². The van der Waals surface area contributed by atoms with Crippen molar-refractivity contribution in [2.24, 2.45) is 0 Å². The lowest BCUT2D eigenvalue weighted by Gasteiger charge is -2.18. The number of anilines is 1. The molecule has 0 radical (unpaired) electrons. The van der Waals surface area contributed by atoms with Crippen molar-refractivity contribution in [3.05, 3.63) is 59.0 Å². The predicted molar refractivity (Wildman–Crippen MR) is 113 cm³/mol. The van der Waals surface area contributed by atoms with Gasteiger partial charge < -0.3 is 9.47 Å². The van der Waals surface area contributed by atoms with E-state index in [4.69, 9.17) is 9.47 Å². The van der Waals surface area contributed by atoms with Crippen molar-refractivity contribution in [3.63, 3.8) is 0 Å². The molecule has 0 aliphatic carbocycles. The molecular formula is C22H23NO4S. The van der Waals surface area contributed by atoms with E-state index >= 15 is 0 Å². The van der Waals surface area contributed by atoms with Gasteiger partial charge in [0.2, 0.25) is 0 Å². The highest BCUT2D eigenvalue weighted by Gasteiger charge is 2.41. The van der Waals surface area contributed by atoms with Gasteiger partial charge in [0.1, 0.15) is 11.5 Å². The molecule has 0 bridgehead atoms. The summed E-state index contributed by atoms with van der Waals surface area (Å²) in [5.41, 5.74) is 1.58. The summed E-state index contributed by atoms with van der Waals surface area (Å²) >= 11 is 1.38. The Hall–Kier alpha value is -2.73. The van der Waals surface area contributed by atoms with E-state index in [0.29, 0.717) is 39.8 Å². The average Bonchev–Trinajstić information content (AvgIpc) is 2.96. The fraction of sp³-hybridized carbons (Fsp3) is 0.273. The minimum absolute atomic E-state index is 0.317. The molecule has 28 heavy (non-hydrogen) atoms. The van der Waals surface area contributed by atoms with Gasteiger partial charge in [0.15, 0.2) is 0 Å². The lowest BCUT2D eigenvalue weighted by molar-refractivity contribution is -0.119. The summed E-state index contributed by atoms with van der Waals surface area (Å²) in [7, 11) is 1.52. The van der Waals surface area contributed by atoms with Crippen LogP contribution in [0.25, 0.3) is 5.57 Å². The van der Waals surface area contributed by atoms with Gasteiger partial charge in [-0.3, -0.25) is 9.59 Å². The topological polar surface area (TPSA) is 55.8 Å². The zero-order valence-corrected chi connectivity index (χ0v) is 17.0. The number of para-hydroxylation sites is 2. The normalized spacial score (nSPS) is 14.0. The second-order valence-corrected chi connectivity index (χ2v) is 7.40. The Labute approximate surface area is 169 Å². The first-order valence-corrected chi connectivity index (χ1v) is 10.2. The van der Waals surface area contributed by atoms with E-state index in [2.05, 4.69) is 0 Å². The molecule has 6 heteroatoms. The third kappa shape index (κ3) is 3.78. The number of benzene rings is 2. The molecule has 0 unspecified atom stereocenters. The lowest BCUT2D eigenvalue weighted by atomic mass is 10.1. The number of amides is 2. The number of carbonyl (C=O) groups is 2. The van der Waals surface area contributed by atoms with Crippen LogP contribution < -0.4 is 14.4 Å². The molecule has 146 valence electrons. The SMILES string of the molecule is CCCOc1ccc(C2=C(SCC)C(=O)N(c3ccccc3OC)C2=O)cc1. The maximum atomic E-state index is 13.3. The Morgan fingerprint density at radius 1 is 0.964 bits per heavy atom. The number of hydrogen-bond donors (Lipinski definition) is 0. The zero-order chi connectivity index (χ0) is 20.1. The molecule has 0 fully saturated rings. The van der Waals surface area contributed by atoms with Gasteiger partial charge in [-0.25, -0.2) is 4.90 Å². The summed E-state index contributed by atoms with van der Waals surface area (Å²) in [5, 5.41) is 0. The van der Waals surface area contributed by atoms with Crippen LogP contribution in [-0.2, 0) is 9.59 Å². The van der Waals surface area contributed by atoms with Gasteiger partial charge in [-0.2, -0.15) is 0 Å². The number of carbonyl (C=O) groups excluding carboxylic acids is 2. The highest BCUT2D eigenvalue weighted by Crippen LogP contribution is 2.41. The standard InChI is InChI=1S/C22H23NO4S/c1-4-14-27-16-12-10-15(11-13-16)19-20(28-5-2)22(25)23(21(19)24)17-8-6-7-9-18(17)26-3/h6-13H,4-5,14H2,1-3H3. The molecule has 5 nitrogen and oxygen atoms in total. The summed E-state index contributed by atoms with van der Waals surface area (Å²) in [6.45, 7) is 4.64. The largest absolute Gasteiger partial charge is 0.495 e. The molecule has 1 aliphatic heterocycles. The van der Waals surface area contributed by atoms with Crippen molar-refractivity contribution in [2.75, 3.05) is 24.4 Å². The second-order valence-electron chi connectivity index (χ2n) is 6.13. The first-order valence-electron chi connectivity index (χ1n) is 9.24. The summed E-state index contributed by atoms with van der Waals surface area (Å²) in [5.74, 6) is 1.26. The molecule has 3 rings (SSSR count). The highest BCUT2D eigenvalue weighted by atomic mass is 32.2. The lowest BCUT2D eigenvalue weighted by Crippen LogP contribution is -2.31. The van der Waals surface area contributed by atoms with Gasteiger partial charge in [0, 0.05) is 0 Å². The smallest absolute Gasteiger partial charge is 0.272 e. The maximum absolute atomic E-state index is 13.3. The average molecular weight is 397 g/mol. The van der Waals surface area contributed by atoms with Crippen molar-refractivity contribution in [2.45, 2.75) is 20.3 Å². The second kappa shape index (κ2) is 8.97. The molecule has 1 aliphatic rings. The Balaban J connectivity index is 2.01. The van der Waals surface area contributed by atoms with E-state index < -0.39 is 0 Å². The molecular weight excluding hydrogens is 374 g/mol. The summed E-state index contributed by atoms with van der Waals surface area (Å²) in [6.07, 6.45) is 0.922. The van der Waals surface area contributed by atoms with Crippen molar-refractivity contribution in [1.29, 1.82) is 0 Å². The highest BCUT2D eigenvalue weighted by molar-refractivity contribution is 8.04. The van der Waals surface area contributed by atoms with Crippen LogP contribution in [0.2, 0.25) is 0 Å². The number of methoxy groups -OCH3 is 1. The number of ether oxygens (including phenoxy) is 2.